The molecule has 0 aliphatic carbocycles. The van der Waals surface area contributed by atoms with Gasteiger partial charge in [0.2, 0.25) is 5.88 Å². The number of methoxy groups -OCH3 is 2. The molecule has 9 heteroatoms. The average Bonchev–Trinajstić information content (AvgIpc) is 3.25. The van der Waals surface area contributed by atoms with Gasteiger partial charge in [-0.1, -0.05) is 31.2 Å². The summed E-state index contributed by atoms with van der Waals surface area (Å²) >= 11 is 0. The molecule has 2 aromatic heterocycles. The minimum absolute atomic E-state index is 0.181. The lowest BCUT2D eigenvalue weighted by Crippen LogP contribution is -2.39. The van der Waals surface area contributed by atoms with Gasteiger partial charge in [0.1, 0.15) is 5.75 Å². The molecule has 4 aromatic rings. The molecule has 0 aliphatic heterocycles. The van der Waals surface area contributed by atoms with E-state index in [9.17, 15) is 9.90 Å². The molecular formula is C28H32N4O5. The van der Waals surface area contributed by atoms with E-state index in [0.717, 1.165) is 22.9 Å². The third kappa shape index (κ3) is 5.67. The van der Waals surface area contributed by atoms with E-state index in [4.69, 9.17) is 14.2 Å². The Balaban J connectivity index is 1.64. The van der Waals surface area contributed by atoms with E-state index in [1.165, 1.54) is 14.2 Å². The zero-order chi connectivity index (χ0) is 26.4. The smallest absolute Gasteiger partial charge is 0.319 e. The second-order valence-electron chi connectivity index (χ2n) is 8.68. The number of carbonyl (C=O) groups is 1. The molecule has 0 fully saturated rings. The highest BCUT2D eigenvalue weighted by molar-refractivity contribution is 5.98. The summed E-state index contributed by atoms with van der Waals surface area (Å²) in [6.07, 6.45) is 4.90. The number of amides is 1. The van der Waals surface area contributed by atoms with Crippen LogP contribution in [0.15, 0.2) is 54.9 Å². The van der Waals surface area contributed by atoms with Crippen LogP contribution in [0.4, 0.5) is 0 Å². The van der Waals surface area contributed by atoms with Crippen molar-refractivity contribution in [1.82, 2.24) is 19.9 Å². The first-order valence-electron chi connectivity index (χ1n) is 12.2. The number of aromatic nitrogens is 3. The number of aryl methyl sites for hydroxylation is 1. The highest BCUT2D eigenvalue weighted by atomic mass is 16.5. The molecule has 0 saturated carbocycles. The van der Waals surface area contributed by atoms with Crippen molar-refractivity contribution in [3.05, 3.63) is 66.0 Å². The van der Waals surface area contributed by atoms with Gasteiger partial charge in [-0.3, -0.25) is 4.79 Å². The van der Waals surface area contributed by atoms with Crippen LogP contribution in [-0.4, -0.2) is 59.0 Å². The van der Waals surface area contributed by atoms with Crippen molar-refractivity contribution < 1.29 is 24.1 Å². The molecule has 0 unspecified atom stereocenters. The van der Waals surface area contributed by atoms with Crippen molar-refractivity contribution in [3.8, 4) is 28.8 Å². The summed E-state index contributed by atoms with van der Waals surface area (Å²) in [5, 5.41) is 14.2. The fourth-order valence-electron chi connectivity index (χ4n) is 4.29. The van der Waals surface area contributed by atoms with Crippen LogP contribution < -0.4 is 19.5 Å². The summed E-state index contributed by atoms with van der Waals surface area (Å²) in [6, 6.07) is 13.1. The van der Waals surface area contributed by atoms with E-state index in [1.807, 2.05) is 55.1 Å². The maximum Gasteiger partial charge on any atom is 0.319 e. The predicted molar refractivity (Wildman–Crippen MR) is 141 cm³/mol. The van der Waals surface area contributed by atoms with Crippen LogP contribution in [0.3, 0.4) is 0 Å². The molecule has 0 saturated heterocycles. The number of nitrogens with one attached hydrogen (secondary N) is 1. The molecule has 1 amide bonds. The van der Waals surface area contributed by atoms with E-state index < -0.39 is 6.04 Å². The summed E-state index contributed by atoms with van der Waals surface area (Å²) < 4.78 is 18.4. The molecule has 9 nitrogen and oxygen atoms in total. The Morgan fingerprint density at radius 1 is 1.16 bits per heavy atom. The van der Waals surface area contributed by atoms with Crippen molar-refractivity contribution >= 4 is 16.8 Å². The number of para-hydroxylation sites is 1. The van der Waals surface area contributed by atoms with Gasteiger partial charge < -0.3 is 29.2 Å². The molecule has 2 heterocycles. The maximum absolute atomic E-state index is 13.5. The largest absolute Gasteiger partial charge is 0.493 e. The number of fused-ring (bicyclic) bond motifs is 1. The molecule has 0 aliphatic rings. The van der Waals surface area contributed by atoms with Crippen molar-refractivity contribution in [2.75, 3.05) is 27.4 Å². The molecule has 0 bridgehead atoms. The van der Waals surface area contributed by atoms with E-state index >= 15 is 0 Å². The van der Waals surface area contributed by atoms with Crippen molar-refractivity contribution in [2.24, 2.45) is 7.05 Å². The molecule has 2 N–H and O–H groups in total. The Bertz CT molecular complexity index is 1380. The molecule has 194 valence electrons. The van der Waals surface area contributed by atoms with Gasteiger partial charge in [0.15, 0.2) is 0 Å². The van der Waals surface area contributed by atoms with Crippen LogP contribution >= 0.6 is 0 Å². The third-order valence-electron chi connectivity index (χ3n) is 6.11. The number of aliphatic hydroxyl groups excluding tert-OH is 1. The topological polar surface area (TPSA) is 108 Å². The van der Waals surface area contributed by atoms with Gasteiger partial charge in [0, 0.05) is 30.3 Å². The van der Waals surface area contributed by atoms with Crippen LogP contribution in [0, 0.1) is 0 Å². The second kappa shape index (κ2) is 11.7. The van der Waals surface area contributed by atoms with Gasteiger partial charge in [-0.05, 0) is 42.2 Å². The fraction of sp³-hybridized carbons (Fsp3) is 0.321. The monoisotopic (exact) mass is 504 g/mol. The lowest BCUT2D eigenvalue weighted by molar-refractivity contribution is 0.0912. The van der Waals surface area contributed by atoms with Gasteiger partial charge in [0.05, 0.1) is 44.6 Å². The summed E-state index contributed by atoms with van der Waals surface area (Å²) in [5.74, 6) is 0.434. The van der Waals surface area contributed by atoms with E-state index in [0.29, 0.717) is 41.3 Å². The van der Waals surface area contributed by atoms with Gasteiger partial charge in [0.25, 0.3) is 5.91 Å². The number of ether oxygens (including phenoxy) is 3. The molecule has 0 spiro atoms. The van der Waals surface area contributed by atoms with Crippen molar-refractivity contribution in [2.45, 2.75) is 25.8 Å². The standard InChI is InChI=1S/C28H32N4O5/c1-5-12-37-25-11-10-18(23-15-29-28(36-4)31-27(23)35-3)14-22(25)26(34)30-20(17-33)13-19-16-32(2)24-9-7-6-8-21(19)24/h6-11,14-16,20,33H,5,12-13,17H2,1-4H3,(H,30,34)/t20-/m1/s1. The fourth-order valence-corrected chi connectivity index (χ4v) is 4.29. The van der Waals surface area contributed by atoms with Crippen LogP contribution in [-0.2, 0) is 13.5 Å². The highest BCUT2D eigenvalue weighted by Crippen LogP contribution is 2.32. The van der Waals surface area contributed by atoms with E-state index in [2.05, 4.69) is 15.3 Å². The minimum atomic E-state index is -0.486. The number of hydrogen-bond donors (Lipinski definition) is 2. The summed E-state index contributed by atoms with van der Waals surface area (Å²) in [5.41, 5.74) is 3.78. The third-order valence-corrected chi connectivity index (χ3v) is 6.11. The molecular weight excluding hydrogens is 472 g/mol. The zero-order valence-corrected chi connectivity index (χ0v) is 21.5. The average molecular weight is 505 g/mol. The van der Waals surface area contributed by atoms with Crippen LogP contribution in [0.5, 0.6) is 17.6 Å². The van der Waals surface area contributed by atoms with Gasteiger partial charge in [-0.25, -0.2) is 4.98 Å². The number of carbonyl (C=O) groups excluding carboxylic acids is 1. The lowest BCUT2D eigenvalue weighted by Gasteiger charge is -2.18. The van der Waals surface area contributed by atoms with Crippen molar-refractivity contribution in [1.29, 1.82) is 0 Å². The number of benzene rings is 2. The Morgan fingerprint density at radius 2 is 1.97 bits per heavy atom. The summed E-state index contributed by atoms with van der Waals surface area (Å²) in [7, 11) is 4.97. The van der Waals surface area contributed by atoms with E-state index in [1.54, 1.807) is 18.3 Å². The minimum Gasteiger partial charge on any atom is -0.493 e. The lowest BCUT2D eigenvalue weighted by atomic mass is 10.0. The van der Waals surface area contributed by atoms with Crippen LogP contribution in [0.2, 0.25) is 0 Å². The Morgan fingerprint density at radius 3 is 2.70 bits per heavy atom. The number of aliphatic hydroxyl groups is 1. The summed E-state index contributed by atoms with van der Waals surface area (Å²) in [6.45, 7) is 2.26. The number of rotatable bonds is 11. The maximum atomic E-state index is 13.5. The Hall–Kier alpha value is -4.11. The first-order valence-corrected chi connectivity index (χ1v) is 12.2. The molecule has 1 atom stereocenters. The quantitative estimate of drug-likeness (QED) is 0.320. The van der Waals surface area contributed by atoms with Gasteiger partial charge in [-0.2, -0.15) is 4.98 Å². The van der Waals surface area contributed by atoms with Gasteiger partial charge in [-0.15, -0.1) is 0 Å². The van der Waals surface area contributed by atoms with E-state index in [-0.39, 0.29) is 18.5 Å². The van der Waals surface area contributed by atoms with Crippen LogP contribution in [0.1, 0.15) is 29.3 Å². The predicted octanol–water partition coefficient (Wildman–Crippen LogP) is 3.77. The molecule has 2 aromatic carbocycles. The number of hydrogen-bond acceptors (Lipinski definition) is 7. The Labute approximate surface area is 216 Å². The summed E-state index contributed by atoms with van der Waals surface area (Å²) in [4.78, 5) is 21.9. The highest BCUT2D eigenvalue weighted by Gasteiger charge is 2.21. The Kier molecular flexibility index (Phi) is 8.25. The molecule has 37 heavy (non-hydrogen) atoms. The normalized spacial score (nSPS) is 11.8. The molecule has 0 radical (unpaired) electrons. The van der Waals surface area contributed by atoms with Crippen molar-refractivity contribution in [3.63, 3.8) is 0 Å². The first-order chi connectivity index (χ1) is 18.0. The van der Waals surface area contributed by atoms with Crippen LogP contribution in [0.25, 0.3) is 22.0 Å². The SMILES string of the molecule is CCCOc1ccc(-c2cnc(OC)nc2OC)cc1C(=O)N[C@@H](CO)Cc1cn(C)c2ccccc12. The zero-order valence-electron chi connectivity index (χ0n) is 21.5. The molecule has 4 rings (SSSR count). The van der Waals surface area contributed by atoms with Gasteiger partial charge >= 0.3 is 6.01 Å². The number of nitrogens with zero attached hydrogens (tertiary/aromatic N) is 3. The first kappa shape index (κ1) is 26.0. The second-order valence-corrected chi connectivity index (χ2v) is 8.68.